The largest absolute Gasteiger partial charge is 0.291 e. The van der Waals surface area contributed by atoms with Crippen molar-refractivity contribution in [3.05, 3.63) is 30.3 Å². The zero-order chi connectivity index (χ0) is 14.3. The molecule has 0 bridgehead atoms. The fraction of sp³-hybridized carbons (Fsp3) is 0.600. The zero-order valence-corrected chi connectivity index (χ0v) is 15.1. The lowest BCUT2D eigenvalue weighted by Crippen LogP contribution is -2.56. The summed E-state index contributed by atoms with van der Waals surface area (Å²) in [7, 11) is 1.54. The molecule has 1 N–H and O–H groups in total. The number of hydrogen-bond acceptors (Lipinski definition) is 1. The van der Waals surface area contributed by atoms with Crippen molar-refractivity contribution in [1.29, 1.82) is 0 Å². The standard InChI is InChI=1S/C15H25ClNPSi/c1-12(2)15(13(3)4,19-11-10-16)17-18-14-8-6-5-7-9-14/h5-9,12-13,17-18H,10-11H2,1-4H3. The van der Waals surface area contributed by atoms with Crippen LogP contribution in [0.25, 0.3) is 0 Å². The van der Waals surface area contributed by atoms with E-state index >= 15 is 0 Å². The summed E-state index contributed by atoms with van der Waals surface area (Å²) in [6.45, 7) is 9.29. The van der Waals surface area contributed by atoms with E-state index in [-0.39, 0.29) is 5.16 Å². The first-order valence-corrected chi connectivity index (χ1v) is 9.66. The Morgan fingerprint density at radius 2 is 1.74 bits per heavy atom. The molecule has 0 aromatic heterocycles. The molecule has 1 nitrogen and oxygen atoms in total. The van der Waals surface area contributed by atoms with Gasteiger partial charge in [0.05, 0.1) is 9.52 Å². The van der Waals surface area contributed by atoms with Crippen LogP contribution in [0.4, 0.5) is 0 Å². The maximum Gasteiger partial charge on any atom is 0.0676 e. The Morgan fingerprint density at radius 1 is 1.16 bits per heavy atom. The van der Waals surface area contributed by atoms with Crippen LogP contribution in [0.2, 0.25) is 6.04 Å². The van der Waals surface area contributed by atoms with Crippen LogP contribution in [-0.4, -0.2) is 20.6 Å². The van der Waals surface area contributed by atoms with Crippen molar-refractivity contribution in [2.45, 2.75) is 38.9 Å². The van der Waals surface area contributed by atoms with E-state index in [9.17, 15) is 0 Å². The van der Waals surface area contributed by atoms with Gasteiger partial charge in [-0.15, -0.1) is 11.6 Å². The third kappa shape index (κ3) is 4.86. The Labute approximate surface area is 127 Å². The van der Waals surface area contributed by atoms with Crippen LogP contribution in [0.5, 0.6) is 0 Å². The van der Waals surface area contributed by atoms with Crippen molar-refractivity contribution in [3.8, 4) is 0 Å². The van der Waals surface area contributed by atoms with Gasteiger partial charge >= 0.3 is 0 Å². The van der Waals surface area contributed by atoms with Crippen molar-refractivity contribution >= 4 is 35.2 Å². The van der Waals surface area contributed by atoms with Gasteiger partial charge in [0.25, 0.3) is 0 Å². The van der Waals surface area contributed by atoms with Crippen molar-refractivity contribution in [3.63, 3.8) is 0 Å². The van der Waals surface area contributed by atoms with Gasteiger partial charge in [0, 0.05) is 11.0 Å². The summed E-state index contributed by atoms with van der Waals surface area (Å²) < 4.78 is 0. The van der Waals surface area contributed by atoms with E-state index in [0.717, 1.165) is 21.4 Å². The van der Waals surface area contributed by atoms with Gasteiger partial charge in [-0.2, -0.15) is 0 Å². The van der Waals surface area contributed by atoms with Gasteiger partial charge < -0.3 is 0 Å². The highest BCUT2D eigenvalue weighted by Gasteiger charge is 2.36. The molecule has 0 aliphatic heterocycles. The second-order valence-corrected chi connectivity index (χ2v) is 8.55. The summed E-state index contributed by atoms with van der Waals surface area (Å²) in [6, 6.07) is 11.8. The van der Waals surface area contributed by atoms with Gasteiger partial charge in [0.2, 0.25) is 0 Å². The quantitative estimate of drug-likeness (QED) is 0.436. The highest BCUT2D eigenvalue weighted by molar-refractivity contribution is 7.45. The Bertz CT molecular complexity index is 348. The Hall–Kier alpha value is 0.117. The Balaban J connectivity index is 2.78. The molecule has 1 atom stereocenters. The van der Waals surface area contributed by atoms with Crippen LogP contribution in [-0.2, 0) is 0 Å². The molecule has 4 heteroatoms. The summed E-state index contributed by atoms with van der Waals surface area (Å²) in [4.78, 5) is 0. The van der Waals surface area contributed by atoms with E-state index in [2.05, 4.69) is 63.1 Å². The molecule has 0 fully saturated rings. The lowest BCUT2D eigenvalue weighted by Gasteiger charge is -2.42. The minimum Gasteiger partial charge on any atom is -0.291 e. The molecule has 2 radical (unpaired) electrons. The molecule has 0 heterocycles. The zero-order valence-electron chi connectivity index (χ0n) is 12.3. The fourth-order valence-electron chi connectivity index (χ4n) is 2.36. The number of nitrogens with one attached hydrogen (secondary N) is 1. The van der Waals surface area contributed by atoms with Crippen LogP contribution in [0.15, 0.2) is 30.3 Å². The second kappa shape index (κ2) is 8.41. The van der Waals surface area contributed by atoms with E-state index in [1.54, 1.807) is 0 Å². The predicted octanol–water partition coefficient (Wildman–Crippen LogP) is 3.86. The lowest BCUT2D eigenvalue weighted by molar-refractivity contribution is 0.305. The SMILES string of the molecule is CC(C)C(NPc1ccccc1)([Si]CCCl)C(C)C. The van der Waals surface area contributed by atoms with Gasteiger partial charge in [-0.1, -0.05) is 58.0 Å². The maximum absolute atomic E-state index is 5.92. The number of rotatable bonds is 8. The molecule has 0 saturated carbocycles. The highest BCUT2D eigenvalue weighted by Crippen LogP contribution is 2.30. The topological polar surface area (TPSA) is 12.0 Å². The molecule has 1 aromatic carbocycles. The molecule has 1 rings (SSSR count). The van der Waals surface area contributed by atoms with Crippen molar-refractivity contribution in [2.24, 2.45) is 11.8 Å². The minimum atomic E-state index is 0.211. The van der Waals surface area contributed by atoms with Crippen molar-refractivity contribution in [2.75, 3.05) is 5.88 Å². The molecule has 0 amide bonds. The summed E-state index contributed by atoms with van der Waals surface area (Å²) >= 11 is 5.92. The van der Waals surface area contributed by atoms with Crippen LogP contribution in [0, 0.1) is 11.8 Å². The van der Waals surface area contributed by atoms with Gasteiger partial charge in [-0.05, 0) is 31.9 Å². The smallest absolute Gasteiger partial charge is 0.0676 e. The molecule has 0 saturated heterocycles. The molecule has 19 heavy (non-hydrogen) atoms. The van der Waals surface area contributed by atoms with E-state index in [0.29, 0.717) is 20.6 Å². The molecule has 0 spiro atoms. The third-order valence-corrected chi connectivity index (χ3v) is 7.80. The average Bonchev–Trinajstić information content (AvgIpc) is 2.39. The van der Waals surface area contributed by atoms with Crippen LogP contribution >= 0.6 is 20.3 Å². The highest BCUT2D eigenvalue weighted by atomic mass is 35.5. The number of hydrogen-bond donors (Lipinski definition) is 1. The normalized spacial score (nSPS) is 13.0. The van der Waals surface area contributed by atoms with Crippen LogP contribution < -0.4 is 10.4 Å². The van der Waals surface area contributed by atoms with Gasteiger partial charge in [-0.25, -0.2) is 0 Å². The van der Waals surface area contributed by atoms with Crippen LogP contribution in [0.3, 0.4) is 0 Å². The Morgan fingerprint density at radius 3 is 2.21 bits per heavy atom. The van der Waals surface area contributed by atoms with E-state index in [1.807, 2.05) is 0 Å². The monoisotopic (exact) mass is 313 g/mol. The average molecular weight is 314 g/mol. The molecule has 106 valence electrons. The van der Waals surface area contributed by atoms with E-state index < -0.39 is 0 Å². The molecule has 1 unspecified atom stereocenters. The maximum atomic E-state index is 5.92. The Kier molecular flexibility index (Phi) is 7.60. The van der Waals surface area contributed by atoms with Gasteiger partial charge in [0.15, 0.2) is 0 Å². The molecular formula is C15H25ClNPSi. The first kappa shape index (κ1) is 17.2. The fourth-order valence-corrected chi connectivity index (χ4v) is 5.80. The second-order valence-electron chi connectivity index (χ2n) is 5.41. The summed E-state index contributed by atoms with van der Waals surface area (Å²) in [5, 5.41) is 5.45. The lowest BCUT2D eigenvalue weighted by atomic mass is 9.93. The summed E-state index contributed by atoms with van der Waals surface area (Å²) in [5.41, 5.74) is 0. The van der Waals surface area contributed by atoms with E-state index in [4.69, 9.17) is 11.6 Å². The minimum absolute atomic E-state index is 0.211. The van der Waals surface area contributed by atoms with Crippen molar-refractivity contribution < 1.29 is 0 Å². The van der Waals surface area contributed by atoms with E-state index in [1.165, 1.54) is 5.30 Å². The van der Waals surface area contributed by atoms with Crippen LogP contribution in [0.1, 0.15) is 27.7 Å². The summed E-state index contributed by atoms with van der Waals surface area (Å²) in [6.07, 6.45) is 0. The third-order valence-electron chi connectivity index (χ3n) is 3.52. The van der Waals surface area contributed by atoms with Gasteiger partial charge in [-0.3, -0.25) is 5.09 Å². The summed E-state index contributed by atoms with van der Waals surface area (Å²) in [5.74, 6) is 1.99. The molecular weight excluding hydrogens is 289 g/mol. The number of halogens is 1. The number of benzene rings is 1. The molecule has 0 aliphatic rings. The molecule has 1 aromatic rings. The van der Waals surface area contributed by atoms with Crippen molar-refractivity contribution in [1.82, 2.24) is 5.09 Å². The number of alkyl halides is 1. The van der Waals surface area contributed by atoms with Gasteiger partial charge in [0.1, 0.15) is 0 Å². The predicted molar refractivity (Wildman–Crippen MR) is 91.2 cm³/mol. The first-order chi connectivity index (χ1) is 9.03. The molecule has 0 aliphatic carbocycles. The first-order valence-electron chi connectivity index (χ1n) is 6.92.